The van der Waals surface area contributed by atoms with Gasteiger partial charge in [0, 0.05) is 35.6 Å². The third-order valence-corrected chi connectivity index (χ3v) is 10.3. The van der Waals surface area contributed by atoms with Gasteiger partial charge in [-0.3, -0.25) is 14.5 Å². The van der Waals surface area contributed by atoms with E-state index in [4.69, 9.17) is 0 Å². The fourth-order valence-corrected chi connectivity index (χ4v) is 7.86. The third-order valence-electron chi connectivity index (χ3n) is 7.74. The van der Waals surface area contributed by atoms with Crippen LogP contribution in [0.1, 0.15) is 62.9 Å². The molecular formula is C32H44F3N3O4S2. The molecule has 3 atom stereocenters. The van der Waals surface area contributed by atoms with Crippen LogP contribution < -0.4 is 10.6 Å². The van der Waals surface area contributed by atoms with E-state index in [1.54, 1.807) is 24.3 Å². The molecule has 44 heavy (non-hydrogen) atoms. The van der Waals surface area contributed by atoms with Gasteiger partial charge >= 0.3 is 6.18 Å². The van der Waals surface area contributed by atoms with Crippen LogP contribution in [0.2, 0.25) is 0 Å². The lowest BCUT2D eigenvalue weighted by Gasteiger charge is -2.42. The number of carbonyl (C=O) groups is 2. The topological polar surface area (TPSA) is 95.6 Å². The standard InChI is InChI=1S/C32H44F3N3O4S2/c1-21(2)18-38(19-22(3)4)26-10-9-24(20-44(41,42)28-13-11-27(43-5)12-14-28)29(16-26)37-30(39)17-36-31(40)23-7-6-8-25(15-23)32(33,34)35/h6-8,11-15,21-22,24,26,29H,9-10,16-20H2,1-5H3,(H,36,40)(H,37,39)/t24-,26+,29+/m1/s1. The van der Waals surface area contributed by atoms with Gasteiger partial charge in [0.25, 0.3) is 5.91 Å². The summed E-state index contributed by atoms with van der Waals surface area (Å²) in [6.45, 7) is 9.91. The lowest BCUT2D eigenvalue weighted by molar-refractivity contribution is -0.137. The number of sulfone groups is 1. The summed E-state index contributed by atoms with van der Waals surface area (Å²) in [5.41, 5.74) is -1.16. The van der Waals surface area contributed by atoms with E-state index in [1.165, 1.54) is 17.8 Å². The molecule has 2 amide bonds. The zero-order chi connectivity index (χ0) is 32.7. The van der Waals surface area contributed by atoms with Gasteiger partial charge in [0.15, 0.2) is 9.84 Å². The lowest BCUT2D eigenvalue weighted by atomic mass is 9.81. The number of thioether (sulfide) groups is 1. The zero-order valence-electron chi connectivity index (χ0n) is 26.0. The van der Waals surface area contributed by atoms with Gasteiger partial charge in [-0.15, -0.1) is 11.8 Å². The number of nitrogens with one attached hydrogen (secondary N) is 2. The SMILES string of the molecule is CSc1ccc(S(=O)(=O)C[C@H]2CC[C@H](N(CC(C)C)CC(C)C)C[C@@H]2NC(=O)CNC(=O)c2cccc(C(F)(F)F)c2)cc1. The predicted molar refractivity (Wildman–Crippen MR) is 168 cm³/mol. The van der Waals surface area contributed by atoms with E-state index in [9.17, 15) is 31.2 Å². The fraction of sp³-hybridized carbons (Fsp3) is 0.562. The van der Waals surface area contributed by atoms with Crippen molar-refractivity contribution in [2.45, 2.75) is 75.0 Å². The molecule has 0 unspecified atom stereocenters. The van der Waals surface area contributed by atoms with Crippen molar-refractivity contribution in [1.29, 1.82) is 0 Å². The van der Waals surface area contributed by atoms with Crippen molar-refractivity contribution in [3.8, 4) is 0 Å². The van der Waals surface area contributed by atoms with Gasteiger partial charge in [0.1, 0.15) is 0 Å². The van der Waals surface area contributed by atoms with Crippen LogP contribution in [0.3, 0.4) is 0 Å². The molecule has 1 fully saturated rings. The van der Waals surface area contributed by atoms with E-state index in [0.717, 1.165) is 42.6 Å². The summed E-state index contributed by atoms with van der Waals surface area (Å²) in [5, 5.41) is 5.37. The summed E-state index contributed by atoms with van der Waals surface area (Å²) in [5.74, 6) is -0.957. The van der Waals surface area contributed by atoms with Crippen LogP contribution in [0.4, 0.5) is 13.2 Å². The Morgan fingerprint density at radius 2 is 1.64 bits per heavy atom. The quantitative estimate of drug-likeness (QED) is 0.261. The minimum atomic E-state index is -4.60. The number of hydrogen-bond acceptors (Lipinski definition) is 6. The van der Waals surface area contributed by atoms with E-state index in [2.05, 4.69) is 43.2 Å². The first-order valence-corrected chi connectivity index (χ1v) is 17.8. The van der Waals surface area contributed by atoms with Crippen molar-refractivity contribution in [3.05, 3.63) is 59.7 Å². The maximum absolute atomic E-state index is 13.4. The van der Waals surface area contributed by atoms with E-state index < -0.39 is 46.0 Å². The molecule has 0 bridgehead atoms. The fourth-order valence-electron chi connectivity index (χ4n) is 5.75. The number of nitrogens with zero attached hydrogens (tertiary/aromatic N) is 1. The first-order chi connectivity index (χ1) is 20.6. The average molecular weight is 656 g/mol. The lowest BCUT2D eigenvalue weighted by Crippen LogP contribution is -2.53. The van der Waals surface area contributed by atoms with E-state index in [-0.39, 0.29) is 28.2 Å². The van der Waals surface area contributed by atoms with Crippen molar-refractivity contribution >= 4 is 33.4 Å². The summed E-state index contributed by atoms with van der Waals surface area (Å²) in [4.78, 5) is 29.3. The highest BCUT2D eigenvalue weighted by molar-refractivity contribution is 7.98. The summed E-state index contributed by atoms with van der Waals surface area (Å²) < 4.78 is 66.1. The first kappa shape index (κ1) is 35.9. The Morgan fingerprint density at radius 1 is 1.00 bits per heavy atom. The molecule has 0 saturated heterocycles. The molecule has 7 nitrogen and oxygen atoms in total. The average Bonchev–Trinajstić information content (AvgIpc) is 2.95. The molecule has 1 aliphatic carbocycles. The van der Waals surface area contributed by atoms with Crippen LogP contribution in [0.25, 0.3) is 0 Å². The van der Waals surface area contributed by atoms with Crippen molar-refractivity contribution in [2.75, 3.05) is 31.6 Å². The molecule has 3 rings (SSSR count). The van der Waals surface area contributed by atoms with Crippen LogP contribution in [0.15, 0.2) is 58.3 Å². The first-order valence-electron chi connectivity index (χ1n) is 14.9. The second kappa shape index (κ2) is 15.6. The van der Waals surface area contributed by atoms with Crippen molar-refractivity contribution < 1.29 is 31.2 Å². The molecule has 2 aromatic rings. The van der Waals surface area contributed by atoms with Crippen LogP contribution in [0.5, 0.6) is 0 Å². The Labute approximate surface area is 263 Å². The molecule has 2 aromatic carbocycles. The van der Waals surface area contributed by atoms with Gasteiger partial charge in [-0.05, 0) is 85.7 Å². The van der Waals surface area contributed by atoms with Crippen LogP contribution >= 0.6 is 11.8 Å². The minimum Gasteiger partial charge on any atom is -0.351 e. The van der Waals surface area contributed by atoms with Gasteiger partial charge in [0.2, 0.25) is 5.91 Å². The summed E-state index contributed by atoms with van der Waals surface area (Å²) in [6, 6.07) is 10.4. The van der Waals surface area contributed by atoms with E-state index in [1.807, 2.05) is 6.26 Å². The van der Waals surface area contributed by atoms with E-state index >= 15 is 0 Å². The number of rotatable bonds is 13. The normalized spacial score (nSPS) is 19.4. The van der Waals surface area contributed by atoms with Gasteiger partial charge in [-0.25, -0.2) is 8.42 Å². The van der Waals surface area contributed by atoms with Gasteiger partial charge in [-0.2, -0.15) is 13.2 Å². The molecule has 244 valence electrons. The number of alkyl halides is 3. The maximum Gasteiger partial charge on any atom is 0.416 e. The van der Waals surface area contributed by atoms with Crippen molar-refractivity contribution in [1.82, 2.24) is 15.5 Å². The Hall–Kier alpha value is -2.57. The second-order valence-corrected chi connectivity index (χ2v) is 15.3. The molecule has 1 saturated carbocycles. The Bertz CT molecular complexity index is 1360. The molecule has 0 aliphatic heterocycles. The smallest absolute Gasteiger partial charge is 0.351 e. The number of hydrogen-bond donors (Lipinski definition) is 2. The highest BCUT2D eigenvalue weighted by Gasteiger charge is 2.37. The largest absolute Gasteiger partial charge is 0.416 e. The molecule has 12 heteroatoms. The minimum absolute atomic E-state index is 0.131. The van der Waals surface area contributed by atoms with Gasteiger partial charge in [0.05, 0.1) is 22.8 Å². The summed E-state index contributed by atoms with van der Waals surface area (Å²) >= 11 is 1.52. The molecule has 1 aliphatic rings. The molecule has 2 N–H and O–H groups in total. The van der Waals surface area contributed by atoms with Gasteiger partial charge < -0.3 is 10.6 Å². The highest BCUT2D eigenvalue weighted by atomic mass is 32.2. The van der Waals surface area contributed by atoms with Crippen molar-refractivity contribution in [3.63, 3.8) is 0 Å². The monoisotopic (exact) mass is 655 g/mol. The van der Waals surface area contributed by atoms with Crippen molar-refractivity contribution in [2.24, 2.45) is 17.8 Å². The zero-order valence-corrected chi connectivity index (χ0v) is 27.6. The molecule has 0 aromatic heterocycles. The molecule has 0 heterocycles. The Balaban J connectivity index is 1.76. The number of benzene rings is 2. The number of amides is 2. The Morgan fingerprint density at radius 3 is 2.20 bits per heavy atom. The second-order valence-electron chi connectivity index (χ2n) is 12.4. The highest BCUT2D eigenvalue weighted by Crippen LogP contribution is 2.32. The Kier molecular flexibility index (Phi) is 12.7. The van der Waals surface area contributed by atoms with Crippen LogP contribution in [-0.4, -0.2) is 68.9 Å². The third kappa shape index (κ3) is 10.5. The molecular weight excluding hydrogens is 611 g/mol. The maximum atomic E-state index is 13.4. The summed E-state index contributed by atoms with van der Waals surface area (Å²) in [6.07, 6.45) is -0.737. The van der Waals surface area contributed by atoms with Crippen LogP contribution in [0, 0.1) is 17.8 Å². The summed E-state index contributed by atoms with van der Waals surface area (Å²) in [7, 11) is -3.64. The number of carbonyl (C=O) groups excluding carboxylic acids is 2. The molecule has 0 radical (unpaired) electrons. The molecule has 0 spiro atoms. The van der Waals surface area contributed by atoms with E-state index in [0.29, 0.717) is 24.7 Å². The van der Waals surface area contributed by atoms with Crippen LogP contribution in [-0.2, 0) is 20.8 Å². The predicted octanol–water partition coefficient (Wildman–Crippen LogP) is 5.90. The van der Waals surface area contributed by atoms with Gasteiger partial charge in [-0.1, -0.05) is 33.8 Å². The number of halogens is 3.